The van der Waals surface area contributed by atoms with Gasteiger partial charge in [-0.05, 0) is 6.92 Å². The van der Waals surface area contributed by atoms with Crippen molar-refractivity contribution in [3.8, 4) is 11.3 Å². The number of carboxylic acid groups (broad SMARTS) is 1. The summed E-state index contributed by atoms with van der Waals surface area (Å²) in [6, 6.07) is 7.42. The van der Waals surface area contributed by atoms with Crippen LogP contribution in [0, 0.1) is 6.92 Å². The predicted molar refractivity (Wildman–Crippen MR) is 73.9 cm³/mol. The van der Waals surface area contributed by atoms with Gasteiger partial charge in [-0.2, -0.15) is 0 Å². The van der Waals surface area contributed by atoms with E-state index in [0.717, 1.165) is 16.5 Å². The van der Waals surface area contributed by atoms with Crippen LogP contribution in [0.15, 0.2) is 39.9 Å². The van der Waals surface area contributed by atoms with E-state index in [9.17, 15) is 9.59 Å². The van der Waals surface area contributed by atoms with Crippen LogP contribution in [0.1, 0.15) is 5.56 Å². The lowest BCUT2D eigenvalue weighted by atomic mass is 10.1. The van der Waals surface area contributed by atoms with Crippen LogP contribution in [0.25, 0.3) is 22.4 Å². The van der Waals surface area contributed by atoms with Gasteiger partial charge in [-0.1, -0.05) is 35.0 Å². The monoisotopic (exact) mass is 285 g/mol. The van der Waals surface area contributed by atoms with E-state index in [1.165, 1.54) is 0 Å². The zero-order valence-electron chi connectivity index (χ0n) is 11.1. The van der Waals surface area contributed by atoms with Gasteiger partial charge in [-0.25, -0.2) is 4.98 Å². The minimum Gasteiger partial charge on any atom is -0.480 e. The largest absolute Gasteiger partial charge is 0.480 e. The number of hydrogen-bond donors (Lipinski definition) is 1. The molecule has 0 aliphatic heterocycles. The first-order chi connectivity index (χ1) is 10.1. The van der Waals surface area contributed by atoms with E-state index in [4.69, 9.17) is 9.63 Å². The first kappa shape index (κ1) is 13.0. The molecule has 7 heteroatoms. The number of aryl methyl sites for hydroxylation is 1. The summed E-state index contributed by atoms with van der Waals surface area (Å²) in [6.07, 6.45) is 1.14. The Labute approximate surface area is 118 Å². The second-order valence-electron chi connectivity index (χ2n) is 4.65. The topological polar surface area (TPSA) is 98.2 Å². The molecule has 0 aliphatic carbocycles. The van der Waals surface area contributed by atoms with Crippen molar-refractivity contribution >= 4 is 17.1 Å². The molecule has 0 atom stereocenters. The number of fused-ring (bicyclic) bond motifs is 1. The molecule has 0 aliphatic rings. The fraction of sp³-hybridized carbons (Fsp3) is 0.143. The van der Waals surface area contributed by atoms with Gasteiger partial charge >= 0.3 is 5.97 Å². The van der Waals surface area contributed by atoms with Gasteiger partial charge in [0.05, 0.1) is 0 Å². The molecule has 106 valence electrons. The van der Waals surface area contributed by atoms with Crippen molar-refractivity contribution in [1.29, 1.82) is 0 Å². The van der Waals surface area contributed by atoms with Crippen LogP contribution in [-0.4, -0.2) is 25.8 Å². The zero-order chi connectivity index (χ0) is 15.0. The molecule has 0 saturated carbocycles. The lowest BCUT2D eigenvalue weighted by Crippen LogP contribution is -2.24. The van der Waals surface area contributed by atoms with Crippen molar-refractivity contribution in [2.45, 2.75) is 13.5 Å². The van der Waals surface area contributed by atoms with Gasteiger partial charge in [-0.15, -0.1) is 0 Å². The number of aliphatic carboxylic acids is 1. The van der Waals surface area contributed by atoms with Gasteiger partial charge in [0.15, 0.2) is 0 Å². The second kappa shape index (κ2) is 4.86. The minimum atomic E-state index is -1.12. The number of aromatic nitrogens is 3. The zero-order valence-corrected chi connectivity index (χ0v) is 11.1. The molecule has 3 aromatic rings. The third kappa shape index (κ3) is 2.29. The Kier molecular flexibility index (Phi) is 3.02. The molecule has 0 unspecified atom stereocenters. The van der Waals surface area contributed by atoms with Crippen molar-refractivity contribution in [2.24, 2.45) is 0 Å². The van der Waals surface area contributed by atoms with Crippen molar-refractivity contribution in [3.63, 3.8) is 0 Å². The van der Waals surface area contributed by atoms with E-state index >= 15 is 0 Å². The molecule has 2 aromatic heterocycles. The lowest BCUT2D eigenvalue weighted by molar-refractivity contribution is -0.137. The maximum atomic E-state index is 12.3. The first-order valence-corrected chi connectivity index (χ1v) is 6.20. The highest BCUT2D eigenvalue weighted by Crippen LogP contribution is 2.24. The molecule has 0 saturated heterocycles. The number of benzene rings is 1. The third-order valence-corrected chi connectivity index (χ3v) is 3.09. The molecular formula is C14H11N3O4. The predicted octanol–water partition coefficient (Wildman–Crippen LogP) is 1.44. The van der Waals surface area contributed by atoms with Crippen LogP contribution in [0.4, 0.5) is 0 Å². The highest BCUT2D eigenvalue weighted by molar-refractivity contribution is 5.88. The Balaban J connectivity index is 2.22. The van der Waals surface area contributed by atoms with Crippen molar-refractivity contribution < 1.29 is 14.4 Å². The summed E-state index contributed by atoms with van der Waals surface area (Å²) in [5.41, 5.74) is 1.76. The Morgan fingerprint density at radius 1 is 1.33 bits per heavy atom. The summed E-state index contributed by atoms with van der Waals surface area (Å²) in [5, 5.41) is 12.9. The SMILES string of the molecule is Cc1ccc(-c2noc3ncn(CC(=O)O)c(=O)c23)cc1. The Morgan fingerprint density at radius 3 is 2.71 bits per heavy atom. The van der Waals surface area contributed by atoms with Gasteiger partial charge in [0.25, 0.3) is 11.3 Å². The van der Waals surface area contributed by atoms with Crippen LogP contribution < -0.4 is 5.56 Å². The van der Waals surface area contributed by atoms with Crippen LogP contribution >= 0.6 is 0 Å². The van der Waals surface area contributed by atoms with Gasteiger partial charge in [0, 0.05) is 5.56 Å². The van der Waals surface area contributed by atoms with E-state index in [1.807, 2.05) is 31.2 Å². The maximum Gasteiger partial charge on any atom is 0.323 e. The lowest BCUT2D eigenvalue weighted by Gasteiger charge is -2.01. The number of nitrogens with zero attached hydrogens (tertiary/aromatic N) is 3. The molecule has 0 spiro atoms. The van der Waals surface area contributed by atoms with Gasteiger partial charge in [-0.3, -0.25) is 14.2 Å². The molecule has 7 nitrogen and oxygen atoms in total. The van der Waals surface area contributed by atoms with E-state index in [1.54, 1.807) is 0 Å². The van der Waals surface area contributed by atoms with Gasteiger partial charge in [0.1, 0.15) is 24.0 Å². The van der Waals surface area contributed by atoms with Gasteiger partial charge in [0.2, 0.25) is 0 Å². The molecule has 3 rings (SSSR count). The third-order valence-electron chi connectivity index (χ3n) is 3.09. The molecule has 0 bridgehead atoms. The molecule has 0 fully saturated rings. The number of hydrogen-bond acceptors (Lipinski definition) is 5. The number of carbonyl (C=O) groups is 1. The normalized spacial score (nSPS) is 10.9. The maximum absolute atomic E-state index is 12.3. The number of rotatable bonds is 3. The second-order valence-corrected chi connectivity index (χ2v) is 4.65. The Bertz CT molecular complexity index is 877. The summed E-state index contributed by atoms with van der Waals surface area (Å²) in [7, 11) is 0. The molecule has 1 aromatic carbocycles. The Morgan fingerprint density at radius 2 is 2.05 bits per heavy atom. The summed E-state index contributed by atoms with van der Waals surface area (Å²) in [5.74, 6) is -1.12. The molecule has 1 N–H and O–H groups in total. The molecular weight excluding hydrogens is 274 g/mol. The molecule has 21 heavy (non-hydrogen) atoms. The standard InChI is InChI=1S/C14H11N3O4/c1-8-2-4-9(5-3-8)12-11-13(21-16-12)15-7-17(14(11)20)6-10(18)19/h2-5,7H,6H2,1H3,(H,18,19). The van der Waals surface area contributed by atoms with Gasteiger partial charge < -0.3 is 9.63 Å². The van der Waals surface area contributed by atoms with Crippen LogP contribution in [0.5, 0.6) is 0 Å². The van der Waals surface area contributed by atoms with Crippen molar-refractivity contribution in [2.75, 3.05) is 0 Å². The molecule has 0 amide bonds. The molecule has 2 heterocycles. The number of carboxylic acids is 1. The van der Waals surface area contributed by atoms with Crippen LogP contribution in [-0.2, 0) is 11.3 Å². The van der Waals surface area contributed by atoms with E-state index in [-0.39, 0.29) is 11.1 Å². The quantitative estimate of drug-likeness (QED) is 0.782. The van der Waals surface area contributed by atoms with E-state index in [0.29, 0.717) is 11.3 Å². The van der Waals surface area contributed by atoms with Crippen molar-refractivity contribution in [1.82, 2.24) is 14.7 Å². The summed E-state index contributed by atoms with van der Waals surface area (Å²) < 4.78 is 6.07. The average molecular weight is 285 g/mol. The van der Waals surface area contributed by atoms with E-state index < -0.39 is 18.1 Å². The fourth-order valence-corrected chi connectivity index (χ4v) is 2.05. The summed E-state index contributed by atoms with van der Waals surface area (Å²) >= 11 is 0. The first-order valence-electron chi connectivity index (χ1n) is 6.20. The molecule has 0 radical (unpaired) electrons. The smallest absolute Gasteiger partial charge is 0.323 e. The Hall–Kier alpha value is -2.96. The summed E-state index contributed by atoms with van der Waals surface area (Å²) in [6.45, 7) is 1.49. The fourth-order valence-electron chi connectivity index (χ4n) is 2.05. The van der Waals surface area contributed by atoms with Crippen LogP contribution in [0.2, 0.25) is 0 Å². The van der Waals surface area contributed by atoms with Crippen LogP contribution in [0.3, 0.4) is 0 Å². The highest BCUT2D eigenvalue weighted by atomic mass is 16.5. The highest BCUT2D eigenvalue weighted by Gasteiger charge is 2.17. The van der Waals surface area contributed by atoms with Crippen molar-refractivity contribution in [3.05, 3.63) is 46.5 Å². The summed E-state index contributed by atoms with van der Waals surface area (Å²) in [4.78, 5) is 27.0. The minimum absolute atomic E-state index is 0.0946. The van der Waals surface area contributed by atoms with E-state index in [2.05, 4.69) is 10.1 Å². The average Bonchev–Trinajstić information content (AvgIpc) is 2.87.